The van der Waals surface area contributed by atoms with E-state index in [2.05, 4.69) is 24.3 Å². The quantitative estimate of drug-likeness (QED) is 0.676. The monoisotopic (exact) mass is 337 g/mol. The molecule has 1 saturated heterocycles. The van der Waals surface area contributed by atoms with Crippen molar-refractivity contribution in [1.82, 2.24) is 4.90 Å². The van der Waals surface area contributed by atoms with Crippen LogP contribution in [0, 0.1) is 0 Å². The molecule has 24 heavy (non-hydrogen) atoms. The van der Waals surface area contributed by atoms with Gasteiger partial charge in [-0.2, -0.15) is 11.8 Å². The summed E-state index contributed by atoms with van der Waals surface area (Å²) >= 11 is 1.93. The number of hydrogen-bond acceptors (Lipinski definition) is 3. The summed E-state index contributed by atoms with van der Waals surface area (Å²) in [5.41, 5.74) is 2.12. The minimum atomic E-state index is 0.000474. The van der Waals surface area contributed by atoms with E-state index in [4.69, 9.17) is 4.42 Å². The Morgan fingerprint density at radius 1 is 1.04 bits per heavy atom. The molecule has 1 fully saturated rings. The molecule has 0 bridgehead atoms. The largest absolute Gasteiger partial charge is 0.451 e. The molecular formula is C20H19NO2S. The van der Waals surface area contributed by atoms with Crippen molar-refractivity contribution >= 4 is 28.6 Å². The van der Waals surface area contributed by atoms with Crippen molar-refractivity contribution < 1.29 is 9.21 Å². The van der Waals surface area contributed by atoms with Crippen LogP contribution in [0.25, 0.3) is 11.0 Å². The molecule has 0 saturated carbocycles. The van der Waals surface area contributed by atoms with Gasteiger partial charge in [0.15, 0.2) is 5.76 Å². The number of para-hydroxylation sites is 1. The Labute approximate surface area is 145 Å². The first-order valence-electron chi connectivity index (χ1n) is 8.26. The predicted octanol–water partition coefficient (Wildman–Crippen LogP) is 4.75. The van der Waals surface area contributed by atoms with E-state index in [0.717, 1.165) is 36.2 Å². The molecule has 1 atom stereocenters. The molecule has 1 amide bonds. The van der Waals surface area contributed by atoms with Gasteiger partial charge in [0.2, 0.25) is 0 Å². The topological polar surface area (TPSA) is 33.5 Å². The molecule has 2 aromatic carbocycles. The smallest absolute Gasteiger partial charge is 0.289 e. The summed E-state index contributed by atoms with van der Waals surface area (Å²) in [5, 5.41) is 1.44. The van der Waals surface area contributed by atoms with E-state index in [-0.39, 0.29) is 5.91 Å². The standard InChI is InChI=1S/C20H19NO2S/c22-20(18-14-16-8-4-5-9-17(16)23-18)21-11-10-19(24-13-12-21)15-6-2-1-3-7-15/h1-9,14,19H,10-13H2. The van der Waals surface area contributed by atoms with Crippen LogP contribution in [0.1, 0.15) is 27.8 Å². The molecular weight excluding hydrogens is 318 g/mol. The van der Waals surface area contributed by atoms with Crippen LogP contribution in [-0.2, 0) is 0 Å². The Kier molecular flexibility index (Phi) is 4.30. The van der Waals surface area contributed by atoms with Gasteiger partial charge in [0.1, 0.15) is 5.58 Å². The first kappa shape index (κ1) is 15.3. The molecule has 1 unspecified atom stereocenters. The first-order chi connectivity index (χ1) is 11.8. The van der Waals surface area contributed by atoms with Gasteiger partial charge >= 0.3 is 0 Å². The van der Waals surface area contributed by atoms with Crippen molar-refractivity contribution in [3.8, 4) is 0 Å². The second kappa shape index (κ2) is 6.73. The van der Waals surface area contributed by atoms with Crippen molar-refractivity contribution in [2.45, 2.75) is 11.7 Å². The molecule has 0 aliphatic carbocycles. The third-order valence-electron chi connectivity index (χ3n) is 4.44. The number of hydrogen-bond donors (Lipinski definition) is 0. The van der Waals surface area contributed by atoms with Crippen molar-refractivity contribution in [3.63, 3.8) is 0 Å². The van der Waals surface area contributed by atoms with Gasteiger partial charge in [0.25, 0.3) is 5.91 Å². The molecule has 3 aromatic rings. The average molecular weight is 337 g/mol. The van der Waals surface area contributed by atoms with E-state index in [9.17, 15) is 4.79 Å². The molecule has 1 aliphatic rings. The van der Waals surface area contributed by atoms with Gasteiger partial charge in [0, 0.05) is 29.5 Å². The van der Waals surface area contributed by atoms with E-state index in [1.807, 2.05) is 53.1 Å². The Morgan fingerprint density at radius 3 is 2.67 bits per heavy atom. The van der Waals surface area contributed by atoms with Gasteiger partial charge in [0.05, 0.1) is 0 Å². The lowest BCUT2D eigenvalue weighted by Crippen LogP contribution is -2.32. The Morgan fingerprint density at radius 2 is 1.83 bits per heavy atom. The summed E-state index contributed by atoms with van der Waals surface area (Å²) in [5.74, 6) is 1.39. The summed E-state index contributed by atoms with van der Waals surface area (Å²) in [6, 6.07) is 20.2. The Hall–Kier alpha value is -2.20. The number of thioether (sulfide) groups is 1. The molecule has 2 heterocycles. The third kappa shape index (κ3) is 3.06. The van der Waals surface area contributed by atoms with Gasteiger partial charge in [-0.3, -0.25) is 4.79 Å². The van der Waals surface area contributed by atoms with Crippen LogP contribution in [0.3, 0.4) is 0 Å². The number of fused-ring (bicyclic) bond motifs is 1. The van der Waals surface area contributed by atoms with E-state index in [0.29, 0.717) is 11.0 Å². The van der Waals surface area contributed by atoms with Crippen LogP contribution < -0.4 is 0 Å². The molecule has 3 nitrogen and oxygen atoms in total. The second-order valence-corrected chi connectivity index (χ2v) is 7.31. The molecule has 1 aliphatic heterocycles. The zero-order valence-electron chi connectivity index (χ0n) is 13.4. The molecule has 122 valence electrons. The number of carbonyl (C=O) groups excluding carboxylic acids is 1. The number of carbonyl (C=O) groups is 1. The van der Waals surface area contributed by atoms with Crippen LogP contribution in [0.2, 0.25) is 0 Å². The summed E-state index contributed by atoms with van der Waals surface area (Å²) in [6.07, 6.45) is 0.973. The number of rotatable bonds is 2. The lowest BCUT2D eigenvalue weighted by Gasteiger charge is -2.19. The van der Waals surface area contributed by atoms with Crippen molar-refractivity contribution in [2.75, 3.05) is 18.8 Å². The highest BCUT2D eigenvalue weighted by atomic mass is 32.2. The number of nitrogens with zero attached hydrogens (tertiary/aromatic N) is 1. The number of benzene rings is 2. The lowest BCUT2D eigenvalue weighted by atomic mass is 10.1. The average Bonchev–Trinajstić information content (AvgIpc) is 2.91. The molecule has 0 spiro atoms. The van der Waals surface area contributed by atoms with Crippen LogP contribution in [0.15, 0.2) is 65.1 Å². The van der Waals surface area contributed by atoms with Crippen LogP contribution >= 0.6 is 11.8 Å². The minimum absolute atomic E-state index is 0.000474. The first-order valence-corrected chi connectivity index (χ1v) is 9.30. The van der Waals surface area contributed by atoms with E-state index >= 15 is 0 Å². The van der Waals surface area contributed by atoms with Gasteiger partial charge in [-0.15, -0.1) is 0 Å². The van der Waals surface area contributed by atoms with E-state index in [1.165, 1.54) is 5.56 Å². The van der Waals surface area contributed by atoms with Crippen molar-refractivity contribution in [1.29, 1.82) is 0 Å². The van der Waals surface area contributed by atoms with Gasteiger partial charge in [-0.05, 0) is 24.1 Å². The fourth-order valence-corrected chi connectivity index (χ4v) is 4.38. The van der Waals surface area contributed by atoms with Crippen LogP contribution in [-0.4, -0.2) is 29.6 Å². The van der Waals surface area contributed by atoms with Gasteiger partial charge in [-0.25, -0.2) is 0 Å². The van der Waals surface area contributed by atoms with Crippen LogP contribution in [0.4, 0.5) is 0 Å². The molecule has 1 aromatic heterocycles. The predicted molar refractivity (Wildman–Crippen MR) is 98.4 cm³/mol. The summed E-state index contributed by atoms with van der Waals surface area (Å²) in [6.45, 7) is 1.53. The Balaban J connectivity index is 1.49. The highest BCUT2D eigenvalue weighted by Gasteiger charge is 2.24. The maximum Gasteiger partial charge on any atom is 0.289 e. The maximum absolute atomic E-state index is 12.8. The van der Waals surface area contributed by atoms with Crippen molar-refractivity contribution in [2.24, 2.45) is 0 Å². The van der Waals surface area contributed by atoms with Crippen LogP contribution in [0.5, 0.6) is 0 Å². The van der Waals surface area contributed by atoms with E-state index in [1.54, 1.807) is 0 Å². The number of amides is 1. The highest BCUT2D eigenvalue weighted by Crippen LogP contribution is 2.34. The number of furan rings is 1. The summed E-state index contributed by atoms with van der Waals surface area (Å²) < 4.78 is 5.74. The minimum Gasteiger partial charge on any atom is -0.451 e. The zero-order valence-corrected chi connectivity index (χ0v) is 14.2. The SMILES string of the molecule is O=C(c1cc2ccccc2o1)N1CCSC(c2ccccc2)CC1. The Bertz CT molecular complexity index is 810. The van der Waals surface area contributed by atoms with Gasteiger partial charge < -0.3 is 9.32 Å². The lowest BCUT2D eigenvalue weighted by molar-refractivity contribution is 0.0737. The molecule has 0 N–H and O–H groups in total. The fourth-order valence-electron chi connectivity index (χ4n) is 3.15. The summed E-state index contributed by atoms with van der Waals surface area (Å²) in [4.78, 5) is 14.7. The second-order valence-electron chi connectivity index (χ2n) is 6.00. The maximum atomic E-state index is 12.8. The van der Waals surface area contributed by atoms with E-state index < -0.39 is 0 Å². The third-order valence-corrected chi connectivity index (χ3v) is 5.76. The molecule has 4 rings (SSSR count). The fraction of sp³-hybridized carbons (Fsp3) is 0.250. The normalized spacial score (nSPS) is 18.5. The molecule has 4 heteroatoms. The van der Waals surface area contributed by atoms with Gasteiger partial charge in [-0.1, -0.05) is 48.5 Å². The van der Waals surface area contributed by atoms with Crippen molar-refractivity contribution in [3.05, 3.63) is 72.0 Å². The highest BCUT2D eigenvalue weighted by molar-refractivity contribution is 7.99. The summed E-state index contributed by atoms with van der Waals surface area (Å²) in [7, 11) is 0. The molecule has 0 radical (unpaired) electrons. The zero-order chi connectivity index (χ0) is 16.4.